The van der Waals surface area contributed by atoms with Crippen molar-refractivity contribution in [3.8, 4) is 11.5 Å². The Balaban J connectivity index is 1.58. The molecule has 0 aromatic heterocycles. The Morgan fingerprint density at radius 1 is 1.06 bits per heavy atom. The van der Waals surface area contributed by atoms with E-state index in [2.05, 4.69) is 5.32 Å². The van der Waals surface area contributed by atoms with Crippen molar-refractivity contribution in [3.63, 3.8) is 0 Å². The number of anilines is 2. The van der Waals surface area contributed by atoms with Gasteiger partial charge in [-0.2, -0.15) is 0 Å². The molecule has 1 fully saturated rings. The van der Waals surface area contributed by atoms with E-state index in [0.717, 1.165) is 11.1 Å². The molecule has 1 saturated heterocycles. The number of nitrogens with one attached hydrogen (secondary N) is 1. The van der Waals surface area contributed by atoms with Crippen LogP contribution in [0.5, 0.6) is 11.5 Å². The molecule has 0 bridgehead atoms. The van der Waals surface area contributed by atoms with Crippen molar-refractivity contribution in [2.45, 2.75) is 20.3 Å². The number of carbonyl (C=O) groups excluding carboxylic acids is 3. The number of amides is 2. The van der Waals surface area contributed by atoms with Crippen molar-refractivity contribution in [2.75, 3.05) is 37.6 Å². The first-order valence-electron chi connectivity index (χ1n) is 9.88. The Labute approximate surface area is 181 Å². The van der Waals surface area contributed by atoms with Crippen molar-refractivity contribution in [3.05, 3.63) is 47.5 Å². The zero-order valence-corrected chi connectivity index (χ0v) is 18.1. The highest BCUT2D eigenvalue weighted by atomic mass is 16.5. The summed E-state index contributed by atoms with van der Waals surface area (Å²) in [5, 5.41) is 2.72. The zero-order chi connectivity index (χ0) is 22.5. The second-order valence-electron chi connectivity index (χ2n) is 7.48. The summed E-state index contributed by atoms with van der Waals surface area (Å²) >= 11 is 0. The largest absolute Gasteiger partial charge is 0.497 e. The third-order valence-electron chi connectivity index (χ3n) is 4.99. The summed E-state index contributed by atoms with van der Waals surface area (Å²) in [4.78, 5) is 38.6. The number of benzene rings is 2. The molecular formula is C23H26N2O6. The summed E-state index contributed by atoms with van der Waals surface area (Å²) in [7, 11) is 3.04. The zero-order valence-electron chi connectivity index (χ0n) is 18.1. The lowest BCUT2D eigenvalue weighted by Crippen LogP contribution is -2.28. The number of methoxy groups -OCH3 is 2. The van der Waals surface area contributed by atoms with Crippen LogP contribution in [-0.2, 0) is 19.1 Å². The van der Waals surface area contributed by atoms with Crippen molar-refractivity contribution < 1.29 is 28.6 Å². The molecule has 1 heterocycles. The normalized spacial score (nSPS) is 15.5. The maximum Gasteiger partial charge on any atom is 0.311 e. The van der Waals surface area contributed by atoms with Gasteiger partial charge in [0.05, 0.1) is 25.8 Å². The molecule has 1 aliphatic rings. The van der Waals surface area contributed by atoms with E-state index >= 15 is 0 Å². The van der Waals surface area contributed by atoms with E-state index in [1.807, 2.05) is 32.0 Å². The molecular weight excluding hydrogens is 400 g/mol. The van der Waals surface area contributed by atoms with Gasteiger partial charge in [-0.25, -0.2) is 0 Å². The van der Waals surface area contributed by atoms with Crippen molar-refractivity contribution >= 4 is 29.2 Å². The Kier molecular flexibility index (Phi) is 6.79. The lowest BCUT2D eigenvalue weighted by Gasteiger charge is -2.20. The first-order valence-corrected chi connectivity index (χ1v) is 9.88. The van der Waals surface area contributed by atoms with Gasteiger partial charge < -0.3 is 24.4 Å². The summed E-state index contributed by atoms with van der Waals surface area (Å²) in [5.41, 5.74) is 3.24. The van der Waals surface area contributed by atoms with Gasteiger partial charge in [0.2, 0.25) is 5.91 Å². The predicted molar refractivity (Wildman–Crippen MR) is 116 cm³/mol. The highest BCUT2D eigenvalue weighted by Crippen LogP contribution is 2.36. The van der Waals surface area contributed by atoms with Crippen LogP contribution in [0, 0.1) is 19.8 Å². The van der Waals surface area contributed by atoms with Crippen LogP contribution in [0.1, 0.15) is 17.5 Å². The lowest BCUT2D eigenvalue weighted by molar-refractivity contribution is -0.151. The summed E-state index contributed by atoms with van der Waals surface area (Å²) in [6.45, 7) is 3.61. The maximum absolute atomic E-state index is 12.5. The molecule has 31 heavy (non-hydrogen) atoms. The van der Waals surface area contributed by atoms with Gasteiger partial charge >= 0.3 is 5.97 Å². The number of ether oxygens (including phenoxy) is 3. The number of hydrogen-bond acceptors (Lipinski definition) is 6. The molecule has 8 heteroatoms. The smallest absolute Gasteiger partial charge is 0.311 e. The van der Waals surface area contributed by atoms with E-state index in [4.69, 9.17) is 14.2 Å². The van der Waals surface area contributed by atoms with E-state index in [0.29, 0.717) is 22.9 Å². The minimum Gasteiger partial charge on any atom is -0.497 e. The van der Waals surface area contributed by atoms with Crippen LogP contribution in [-0.4, -0.2) is 45.2 Å². The highest BCUT2D eigenvalue weighted by Gasteiger charge is 2.37. The molecule has 2 aromatic carbocycles. The SMILES string of the molecule is COc1ccc(N2C[C@H](C(=O)OCC(=O)Nc3cc(C)cc(C)c3)CC2=O)c(OC)c1. The van der Waals surface area contributed by atoms with E-state index in [9.17, 15) is 14.4 Å². The van der Waals surface area contributed by atoms with Crippen LogP contribution in [0.2, 0.25) is 0 Å². The lowest BCUT2D eigenvalue weighted by atomic mass is 10.1. The van der Waals surface area contributed by atoms with Crippen LogP contribution < -0.4 is 19.7 Å². The van der Waals surface area contributed by atoms with E-state index in [1.54, 1.807) is 18.2 Å². The van der Waals surface area contributed by atoms with Crippen molar-refractivity contribution in [2.24, 2.45) is 5.92 Å². The van der Waals surface area contributed by atoms with Crippen molar-refractivity contribution in [1.82, 2.24) is 0 Å². The fourth-order valence-corrected chi connectivity index (χ4v) is 3.60. The third-order valence-corrected chi connectivity index (χ3v) is 4.99. The molecule has 2 amide bonds. The molecule has 3 rings (SSSR count). The first-order chi connectivity index (χ1) is 14.8. The number of aryl methyl sites for hydroxylation is 2. The second kappa shape index (κ2) is 9.51. The minimum atomic E-state index is -0.659. The van der Waals surface area contributed by atoms with Crippen LogP contribution >= 0.6 is 0 Å². The minimum absolute atomic E-state index is 0.00666. The predicted octanol–water partition coefficient (Wildman–Crippen LogP) is 2.86. The van der Waals surface area contributed by atoms with Gasteiger partial charge in [0, 0.05) is 24.7 Å². The third kappa shape index (κ3) is 5.33. The molecule has 1 aliphatic heterocycles. The maximum atomic E-state index is 12.5. The molecule has 1 atom stereocenters. The molecule has 0 saturated carbocycles. The van der Waals surface area contributed by atoms with Gasteiger partial charge in [-0.3, -0.25) is 14.4 Å². The summed E-state index contributed by atoms with van der Waals surface area (Å²) in [6, 6.07) is 10.8. The number of nitrogens with zero attached hydrogens (tertiary/aromatic N) is 1. The number of carbonyl (C=O) groups is 3. The second-order valence-corrected chi connectivity index (χ2v) is 7.48. The van der Waals surface area contributed by atoms with Gasteiger partial charge in [0.25, 0.3) is 5.91 Å². The first kappa shape index (κ1) is 22.1. The number of rotatable bonds is 7. The summed E-state index contributed by atoms with van der Waals surface area (Å²) in [6.07, 6.45) is 0.00666. The van der Waals surface area contributed by atoms with E-state index < -0.39 is 24.4 Å². The molecule has 164 valence electrons. The molecule has 1 N–H and O–H groups in total. The van der Waals surface area contributed by atoms with Gasteiger partial charge in [-0.15, -0.1) is 0 Å². The van der Waals surface area contributed by atoms with E-state index in [1.165, 1.54) is 19.1 Å². The van der Waals surface area contributed by atoms with Gasteiger partial charge in [-0.05, 0) is 49.2 Å². The van der Waals surface area contributed by atoms with E-state index in [-0.39, 0.29) is 18.9 Å². The molecule has 8 nitrogen and oxygen atoms in total. The highest BCUT2D eigenvalue weighted by molar-refractivity contribution is 6.01. The average Bonchev–Trinajstić information content (AvgIpc) is 3.12. The van der Waals surface area contributed by atoms with Crippen LogP contribution in [0.3, 0.4) is 0 Å². The van der Waals surface area contributed by atoms with Crippen LogP contribution in [0.25, 0.3) is 0 Å². The average molecular weight is 426 g/mol. The molecule has 0 unspecified atom stereocenters. The topological polar surface area (TPSA) is 94.2 Å². The summed E-state index contributed by atoms with van der Waals surface area (Å²) < 4.78 is 15.7. The molecule has 2 aromatic rings. The quantitative estimate of drug-likeness (QED) is 0.685. The molecule has 0 aliphatic carbocycles. The monoisotopic (exact) mass is 426 g/mol. The molecule has 0 spiro atoms. The Bertz CT molecular complexity index is 983. The Hall–Kier alpha value is -3.55. The molecule has 0 radical (unpaired) electrons. The standard InChI is InChI=1S/C23H26N2O6/c1-14-7-15(2)9-17(8-14)24-21(26)13-31-23(28)16-10-22(27)25(12-16)19-6-5-18(29-3)11-20(19)30-4/h5-9,11,16H,10,12-13H2,1-4H3,(H,24,26)/t16-/m1/s1. The Morgan fingerprint density at radius 3 is 2.42 bits per heavy atom. The van der Waals surface area contributed by atoms with Gasteiger partial charge in [0.15, 0.2) is 6.61 Å². The van der Waals surface area contributed by atoms with Gasteiger partial charge in [-0.1, -0.05) is 6.07 Å². The van der Waals surface area contributed by atoms with Crippen LogP contribution in [0.4, 0.5) is 11.4 Å². The van der Waals surface area contributed by atoms with Gasteiger partial charge in [0.1, 0.15) is 11.5 Å². The van der Waals surface area contributed by atoms with Crippen molar-refractivity contribution in [1.29, 1.82) is 0 Å². The number of hydrogen-bond donors (Lipinski definition) is 1. The fraction of sp³-hybridized carbons (Fsp3) is 0.348. The Morgan fingerprint density at radius 2 is 1.77 bits per heavy atom. The van der Waals surface area contributed by atoms with Crippen LogP contribution in [0.15, 0.2) is 36.4 Å². The fourth-order valence-electron chi connectivity index (χ4n) is 3.60. The summed E-state index contributed by atoms with van der Waals surface area (Å²) in [5.74, 6) is -0.832. The number of esters is 1.